The molecule has 8 nitrogen and oxygen atoms in total. The van der Waals surface area contributed by atoms with Crippen LogP contribution in [0.25, 0.3) is 43.9 Å². The molecule has 11 heteroatoms. The first-order chi connectivity index (χ1) is 20.7. The van der Waals surface area contributed by atoms with Crippen molar-refractivity contribution < 1.29 is 23.1 Å². The highest BCUT2D eigenvalue weighted by Crippen LogP contribution is 2.47. The van der Waals surface area contributed by atoms with Gasteiger partial charge in [0.25, 0.3) is 5.91 Å². The third-order valence-corrected chi connectivity index (χ3v) is 8.64. The lowest BCUT2D eigenvalue weighted by Gasteiger charge is -2.33. The van der Waals surface area contributed by atoms with Crippen LogP contribution in [0.1, 0.15) is 29.0 Å². The van der Waals surface area contributed by atoms with Crippen LogP contribution in [0.15, 0.2) is 66.6 Å². The second-order valence-electron chi connectivity index (χ2n) is 10.1. The van der Waals surface area contributed by atoms with Gasteiger partial charge in [-0.05, 0) is 42.6 Å². The van der Waals surface area contributed by atoms with Gasteiger partial charge in [0, 0.05) is 52.5 Å². The normalized spacial score (nSPS) is 14.4. The number of aromatic nitrogens is 3. The number of carbonyl (C=O) groups excluding carboxylic acids is 2. The molecule has 1 atom stereocenters. The Morgan fingerprint density at radius 2 is 1.86 bits per heavy atom. The Balaban J connectivity index is 1.63. The minimum atomic E-state index is -0.794. The van der Waals surface area contributed by atoms with Gasteiger partial charge in [0.15, 0.2) is 0 Å². The van der Waals surface area contributed by atoms with Crippen molar-refractivity contribution in [2.45, 2.75) is 19.5 Å². The second-order valence-corrected chi connectivity index (χ2v) is 11.0. The molecule has 0 saturated carbocycles. The molecule has 0 radical (unpaired) electrons. The van der Waals surface area contributed by atoms with E-state index < -0.39 is 11.6 Å². The number of fused-ring (bicyclic) bond motifs is 2. The summed E-state index contributed by atoms with van der Waals surface area (Å²) in [6.07, 6.45) is 1.29. The maximum Gasteiger partial charge on any atom is 0.251 e. The SMILES string of the molecule is C=CC(=O)N1CCn2nc(-c3nc(-c4ccc(C(=O)NC)cc4)c4ccsc4c3-c3c(F)cc(F)cc3OC)cc2[C@H]1C. The smallest absolute Gasteiger partial charge is 0.251 e. The van der Waals surface area contributed by atoms with Gasteiger partial charge in [0.1, 0.15) is 28.8 Å². The fourth-order valence-corrected chi connectivity index (χ4v) is 6.52. The number of nitrogens with zero attached hydrogens (tertiary/aromatic N) is 4. The molecule has 0 unspecified atom stereocenters. The highest BCUT2D eigenvalue weighted by atomic mass is 32.1. The minimum absolute atomic E-state index is 0.0260. The van der Waals surface area contributed by atoms with Crippen LogP contribution < -0.4 is 10.1 Å². The summed E-state index contributed by atoms with van der Waals surface area (Å²) < 4.78 is 38.0. The Hall–Kier alpha value is -4.90. The van der Waals surface area contributed by atoms with Crippen LogP contribution in [0.2, 0.25) is 0 Å². The highest BCUT2D eigenvalue weighted by Gasteiger charge is 2.31. The van der Waals surface area contributed by atoms with Crippen LogP contribution >= 0.6 is 11.3 Å². The van der Waals surface area contributed by atoms with Crippen LogP contribution in [-0.4, -0.2) is 52.2 Å². The number of ether oxygens (including phenoxy) is 1. The number of hydrogen-bond acceptors (Lipinski definition) is 6. The van der Waals surface area contributed by atoms with Crippen molar-refractivity contribution in [3.8, 4) is 39.5 Å². The van der Waals surface area contributed by atoms with Gasteiger partial charge < -0.3 is 15.0 Å². The zero-order valence-corrected chi connectivity index (χ0v) is 24.5. The van der Waals surface area contributed by atoms with Crippen LogP contribution in [0.4, 0.5) is 8.78 Å². The number of pyridine rings is 1. The lowest BCUT2D eigenvalue weighted by atomic mass is 9.96. The van der Waals surface area contributed by atoms with E-state index in [1.54, 1.807) is 24.1 Å². The van der Waals surface area contributed by atoms with Crippen LogP contribution in [0, 0.1) is 11.6 Å². The van der Waals surface area contributed by atoms with Crippen molar-refractivity contribution in [2.75, 3.05) is 20.7 Å². The molecule has 0 spiro atoms. The molecule has 2 aromatic carbocycles. The lowest BCUT2D eigenvalue weighted by molar-refractivity contribution is -0.129. The first-order valence-electron chi connectivity index (χ1n) is 13.5. The molecule has 0 aliphatic carbocycles. The monoisotopic (exact) mass is 599 g/mol. The largest absolute Gasteiger partial charge is 0.496 e. The van der Waals surface area contributed by atoms with E-state index in [0.29, 0.717) is 46.0 Å². The number of benzene rings is 2. The lowest BCUT2D eigenvalue weighted by Crippen LogP contribution is -2.40. The molecule has 0 bridgehead atoms. The Morgan fingerprint density at radius 1 is 1.09 bits per heavy atom. The number of halogens is 2. The summed E-state index contributed by atoms with van der Waals surface area (Å²) in [6, 6.07) is 12.5. The predicted molar refractivity (Wildman–Crippen MR) is 162 cm³/mol. The van der Waals surface area contributed by atoms with Gasteiger partial charge in [0.05, 0.1) is 36.6 Å². The van der Waals surface area contributed by atoms with E-state index in [-0.39, 0.29) is 29.2 Å². The van der Waals surface area contributed by atoms with Crippen LogP contribution in [0.5, 0.6) is 5.75 Å². The number of thiophene rings is 1. The average Bonchev–Trinajstić information content (AvgIpc) is 3.68. The predicted octanol–water partition coefficient (Wildman–Crippen LogP) is 6.23. The summed E-state index contributed by atoms with van der Waals surface area (Å²) in [5.41, 5.74) is 3.98. The van der Waals surface area contributed by atoms with Gasteiger partial charge in [-0.3, -0.25) is 14.3 Å². The van der Waals surface area contributed by atoms with Gasteiger partial charge in [-0.15, -0.1) is 11.3 Å². The summed E-state index contributed by atoms with van der Waals surface area (Å²) in [6.45, 7) is 6.44. The number of rotatable bonds is 6. The standard InChI is InChI=1S/C32H27F2N5O3S/c1-5-26(40)38-11-12-39-24(17(38)2)16-23(37-39)30-28(27-22(34)14-20(33)15-25(27)42-4)31-21(10-13-43-31)29(36-30)18-6-8-19(9-7-18)32(41)35-3/h5-10,13-17H,1,11-12H2,2-4H3,(H,35,41)/t17-/m1/s1. The summed E-state index contributed by atoms with van der Waals surface area (Å²) in [5.74, 6) is -1.92. The van der Waals surface area contributed by atoms with Gasteiger partial charge >= 0.3 is 0 Å². The summed E-state index contributed by atoms with van der Waals surface area (Å²) >= 11 is 1.39. The number of carbonyl (C=O) groups is 2. The molecule has 1 N–H and O–H groups in total. The average molecular weight is 600 g/mol. The summed E-state index contributed by atoms with van der Waals surface area (Å²) in [7, 11) is 2.93. The van der Waals surface area contributed by atoms with E-state index in [1.165, 1.54) is 24.5 Å². The molecule has 0 saturated heterocycles. The summed E-state index contributed by atoms with van der Waals surface area (Å²) in [4.78, 5) is 31.4. The number of amides is 2. The Labute approximate surface area is 250 Å². The molecule has 218 valence electrons. The van der Waals surface area contributed by atoms with Crippen molar-refractivity contribution in [2.24, 2.45) is 0 Å². The first-order valence-corrected chi connectivity index (χ1v) is 14.4. The van der Waals surface area contributed by atoms with E-state index >= 15 is 4.39 Å². The van der Waals surface area contributed by atoms with E-state index in [0.717, 1.165) is 28.8 Å². The highest BCUT2D eigenvalue weighted by molar-refractivity contribution is 7.18. The Morgan fingerprint density at radius 3 is 2.56 bits per heavy atom. The van der Waals surface area contributed by atoms with Gasteiger partial charge in [-0.25, -0.2) is 13.8 Å². The van der Waals surface area contributed by atoms with Crippen molar-refractivity contribution in [3.05, 3.63) is 89.5 Å². The van der Waals surface area contributed by atoms with E-state index in [9.17, 15) is 14.0 Å². The van der Waals surface area contributed by atoms with Crippen molar-refractivity contribution in [1.29, 1.82) is 0 Å². The molecular formula is C32H27F2N5O3S. The molecular weight excluding hydrogens is 572 g/mol. The third-order valence-electron chi connectivity index (χ3n) is 7.70. The molecule has 0 fully saturated rings. The zero-order valence-electron chi connectivity index (χ0n) is 23.6. The fraction of sp³-hybridized carbons (Fsp3) is 0.188. The van der Waals surface area contributed by atoms with Gasteiger partial charge in [-0.1, -0.05) is 18.7 Å². The van der Waals surface area contributed by atoms with Crippen molar-refractivity contribution in [3.63, 3.8) is 0 Å². The maximum absolute atomic E-state index is 15.7. The fourth-order valence-electron chi connectivity index (χ4n) is 5.58. The first kappa shape index (κ1) is 28.2. The van der Waals surface area contributed by atoms with Crippen LogP contribution in [0.3, 0.4) is 0 Å². The number of nitrogens with one attached hydrogen (secondary N) is 1. The molecule has 5 aromatic rings. The topological polar surface area (TPSA) is 89.4 Å². The summed E-state index contributed by atoms with van der Waals surface area (Å²) in [5, 5.41) is 10.1. The molecule has 43 heavy (non-hydrogen) atoms. The third kappa shape index (κ3) is 4.75. The van der Waals surface area contributed by atoms with Gasteiger partial charge in [0.2, 0.25) is 5.91 Å². The molecule has 3 aromatic heterocycles. The van der Waals surface area contributed by atoms with Gasteiger partial charge in [-0.2, -0.15) is 5.10 Å². The Bertz CT molecular complexity index is 1910. The molecule has 2 amide bonds. The Kier molecular flexibility index (Phi) is 7.26. The van der Waals surface area contributed by atoms with Crippen LogP contribution in [-0.2, 0) is 11.3 Å². The number of hydrogen-bond donors (Lipinski definition) is 1. The zero-order chi connectivity index (χ0) is 30.4. The maximum atomic E-state index is 15.7. The molecule has 6 rings (SSSR count). The number of methoxy groups -OCH3 is 1. The molecule has 1 aliphatic heterocycles. The van der Waals surface area contributed by atoms with Crippen molar-refractivity contribution in [1.82, 2.24) is 25.0 Å². The van der Waals surface area contributed by atoms with E-state index in [2.05, 4.69) is 11.9 Å². The molecule has 1 aliphatic rings. The van der Waals surface area contributed by atoms with E-state index in [1.807, 2.05) is 41.3 Å². The second kappa shape index (κ2) is 11.1. The van der Waals surface area contributed by atoms with E-state index in [4.69, 9.17) is 14.8 Å². The molecule has 4 heterocycles. The van der Waals surface area contributed by atoms with Crippen molar-refractivity contribution >= 4 is 33.2 Å². The quantitative estimate of drug-likeness (QED) is 0.234. The minimum Gasteiger partial charge on any atom is -0.496 e.